The van der Waals surface area contributed by atoms with Crippen molar-refractivity contribution < 1.29 is 4.39 Å². The Morgan fingerprint density at radius 1 is 1.09 bits per heavy atom. The Hall–Kier alpha value is -3.00. The first-order chi connectivity index (χ1) is 10.6. The number of imidazole rings is 1. The van der Waals surface area contributed by atoms with Crippen LogP contribution >= 0.6 is 0 Å². The van der Waals surface area contributed by atoms with Gasteiger partial charge in [-0.2, -0.15) is 0 Å². The van der Waals surface area contributed by atoms with E-state index in [9.17, 15) is 4.39 Å². The molecule has 3 aromatic heterocycles. The number of hydrogen-bond acceptors (Lipinski definition) is 3. The number of halogens is 1. The van der Waals surface area contributed by atoms with Crippen LogP contribution in [0.3, 0.4) is 0 Å². The van der Waals surface area contributed by atoms with Gasteiger partial charge in [-0.1, -0.05) is 5.92 Å². The average molecular weight is 292 g/mol. The third-order valence-corrected chi connectivity index (χ3v) is 3.08. The molecule has 0 radical (unpaired) electrons. The van der Waals surface area contributed by atoms with E-state index in [1.54, 1.807) is 36.1 Å². The van der Waals surface area contributed by atoms with Gasteiger partial charge >= 0.3 is 0 Å². The van der Waals surface area contributed by atoms with E-state index in [0.29, 0.717) is 11.5 Å². The minimum Gasteiger partial charge on any atom is -0.284 e. The number of rotatable bonds is 1. The van der Waals surface area contributed by atoms with Gasteiger partial charge in [-0.25, -0.2) is 14.4 Å². The van der Waals surface area contributed by atoms with Gasteiger partial charge in [0.15, 0.2) is 11.6 Å². The van der Waals surface area contributed by atoms with E-state index in [4.69, 9.17) is 0 Å². The maximum Gasteiger partial charge on any atom is 0.174 e. The smallest absolute Gasteiger partial charge is 0.174 e. The summed E-state index contributed by atoms with van der Waals surface area (Å²) in [5.74, 6) is 6.47. The first-order valence-corrected chi connectivity index (χ1v) is 6.75. The van der Waals surface area contributed by atoms with Crippen molar-refractivity contribution in [3.8, 4) is 17.7 Å². The zero-order chi connectivity index (χ0) is 15.5. The van der Waals surface area contributed by atoms with Gasteiger partial charge in [-0.15, -0.1) is 0 Å². The Labute approximate surface area is 127 Å². The monoisotopic (exact) mass is 292 g/mol. The van der Waals surface area contributed by atoms with Crippen LogP contribution in [0.5, 0.6) is 0 Å². The zero-order valence-electron chi connectivity index (χ0n) is 12.2. The number of aryl methyl sites for hydroxylation is 2. The molecule has 0 saturated carbocycles. The van der Waals surface area contributed by atoms with Crippen LogP contribution < -0.4 is 0 Å². The highest BCUT2D eigenvalue weighted by Crippen LogP contribution is 2.13. The lowest BCUT2D eigenvalue weighted by atomic mass is 10.2. The lowest BCUT2D eigenvalue weighted by Gasteiger charge is -2.03. The summed E-state index contributed by atoms with van der Waals surface area (Å²) in [7, 11) is 0. The lowest BCUT2D eigenvalue weighted by Crippen LogP contribution is -2.01. The van der Waals surface area contributed by atoms with Crippen molar-refractivity contribution in [2.75, 3.05) is 0 Å². The minimum atomic E-state index is -0.396. The summed E-state index contributed by atoms with van der Waals surface area (Å²) in [6.45, 7) is 3.70. The molecule has 3 aromatic rings. The molecule has 0 fully saturated rings. The summed E-state index contributed by atoms with van der Waals surface area (Å²) in [6, 6.07) is 6.65. The number of aromatic nitrogens is 4. The molecule has 5 heteroatoms. The van der Waals surface area contributed by atoms with E-state index in [1.807, 2.05) is 19.1 Å². The van der Waals surface area contributed by atoms with Gasteiger partial charge in [0.1, 0.15) is 11.5 Å². The maximum atomic E-state index is 13.8. The summed E-state index contributed by atoms with van der Waals surface area (Å²) in [5, 5.41) is 0. The highest BCUT2D eigenvalue weighted by Gasteiger charge is 2.09. The van der Waals surface area contributed by atoms with Crippen LogP contribution in [0.1, 0.15) is 22.8 Å². The van der Waals surface area contributed by atoms with Gasteiger partial charge in [0, 0.05) is 29.8 Å². The van der Waals surface area contributed by atoms with Crippen LogP contribution in [0.2, 0.25) is 0 Å². The molecule has 0 saturated heterocycles. The van der Waals surface area contributed by atoms with Crippen molar-refractivity contribution in [2.24, 2.45) is 0 Å². The van der Waals surface area contributed by atoms with Gasteiger partial charge in [0.05, 0.1) is 0 Å². The van der Waals surface area contributed by atoms with Crippen molar-refractivity contribution in [3.63, 3.8) is 0 Å². The maximum absolute atomic E-state index is 13.8. The molecule has 0 N–H and O–H groups in total. The summed E-state index contributed by atoms with van der Waals surface area (Å²) < 4.78 is 15.4. The average Bonchev–Trinajstić information content (AvgIpc) is 2.87. The first-order valence-electron chi connectivity index (χ1n) is 6.75. The molecule has 0 spiro atoms. The van der Waals surface area contributed by atoms with Crippen LogP contribution in [0, 0.1) is 31.5 Å². The Kier molecular flexibility index (Phi) is 3.67. The van der Waals surface area contributed by atoms with Crippen LogP contribution in [-0.4, -0.2) is 19.5 Å². The molecule has 4 nitrogen and oxygen atoms in total. The quantitative estimate of drug-likeness (QED) is 0.648. The Bertz CT molecular complexity index is 887. The second-order valence-electron chi connectivity index (χ2n) is 4.79. The largest absolute Gasteiger partial charge is 0.284 e. The number of hydrogen-bond donors (Lipinski definition) is 0. The van der Waals surface area contributed by atoms with Crippen molar-refractivity contribution in [2.45, 2.75) is 13.8 Å². The molecule has 0 amide bonds. The fourth-order valence-corrected chi connectivity index (χ4v) is 2.06. The summed E-state index contributed by atoms with van der Waals surface area (Å²) in [5.41, 5.74) is 2.34. The van der Waals surface area contributed by atoms with Crippen molar-refractivity contribution in [3.05, 3.63) is 71.4 Å². The van der Waals surface area contributed by atoms with Gasteiger partial charge in [-0.05, 0) is 44.0 Å². The molecule has 0 aromatic carbocycles. The van der Waals surface area contributed by atoms with Crippen LogP contribution in [0.4, 0.5) is 4.39 Å². The molecule has 0 aliphatic carbocycles. The van der Waals surface area contributed by atoms with Crippen LogP contribution in [-0.2, 0) is 0 Å². The number of nitrogens with zero attached hydrogens (tertiary/aromatic N) is 4. The lowest BCUT2D eigenvalue weighted by molar-refractivity contribution is 0.607. The van der Waals surface area contributed by atoms with Gasteiger partial charge in [-0.3, -0.25) is 9.55 Å². The van der Waals surface area contributed by atoms with Crippen LogP contribution in [0.25, 0.3) is 5.82 Å². The van der Waals surface area contributed by atoms with Crippen molar-refractivity contribution in [1.29, 1.82) is 0 Å². The highest BCUT2D eigenvalue weighted by atomic mass is 19.1. The van der Waals surface area contributed by atoms with Gasteiger partial charge < -0.3 is 0 Å². The molecule has 0 aliphatic heterocycles. The molecule has 108 valence electrons. The molecular weight excluding hydrogens is 279 g/mol. The summed E-state index contributed by atoms with van der Waals surface area (Å²) in [6.07, 6.45) is 4.94. The fourth-order valence-electron chi connectivity index (χ4n) is 2.06. The first kappa shape index (κ1) is 14.0. The molecule has 0 atom stereocenters. The highest BCUT2D eigenvalue weighted by molar-refractivity contribution is 5.41. The van der Waals surface area contributed by atoms with Crippen LogP contribution in [0.15, 0.2) is 42.9 Å². The molecule has 0 unspecified atom stereocenters. The minimum absolute atomic E-state index is 0.223. The van der Waals surface area contributed by atoms with Gasteiger partial charge in [0.25, 0.3) is 0 Å². The molecule has 3 heterocycles. The summed E-state index contributed by atoms with van der Waals surface area (Å²) in [4.78, 5) is 12.5. The van der Waals surface area contributed by atoms with E-state index in [0.717, 1.165) is 11.3 Å². The predicted molar refractivity (Wildman–Crippen MR) is 81.0 cm³/mol. The fraction of sp³-hybridized carbons (Fsp3) is 0.118. The third kappa shape index (κ3) is 2.86. The zero-order valence-corrected chi connectivity index (χ0v) is 12.2. The van der Waals surface area contributed by atoms with E-state index in [1.165, 1.54) is 6.07 Å². The predicted octanol–water partition coefficient (Wildman–Crippen LogP) is 2.82. The molecule has 0 aliphatic rings. The second kappa shape index (κ2) is 5.78. The Balaban J connectivity index is 1.96. The van der Waals surface area contributed by atoms with Gasteiger partial charge in [0.2, 0.25) is 0 Å². The normalized spacial score (nSPS) is 10.1. The molecule has 22 heavy (non-hydrogen) atoms. The van der Waals surface area contributed by atoms with E-state index in [-0.39, 0.29) is 5.82 Å². The molecule has 3 rings (SSSR count). The Morgan fingerprint density at radius 3 is 2.73 bits per heavy atom. The van der Waals surface area contributed by atoms with Crippen molar-refractivity contribution >= 4 is 0 Å². The molecular formula is C17H13FN4. The van der Waals surface area contributed by atoms with Crippen molar-refractivity contribution in [1.82, 2.24) is 19.5 Å². The topological polar surface area (TPSA) is 43.6 Å². The second-order valence-corrected chi connectivity index (χ2v) is 4.79. The SMILES string of the molecule is Cc1cc(C#Cc2cn(-c3ncccc3F)c(C)n2)ccn1. The van der Waals surface area contributed by atoms with E-state index >= 15 is 0 Å². The Morgan fingerprint density at radius 2 is 1.95 bits per heavy atom. The van der Waals surface area contributed by atoms with E-state index in [2.05, 4.69) is 26.8 Å². The van der Waals surface area contributed by atoms with E-state index < -0.39 is 5.82 Å². The summed E-state index contributed by atoms with van der Waals surface area (Å²) >= 11 is 0. The standard InChI is InChI=1S/C17H13FN4/c1-12-10-14(7-9-19-12)5-6-15-11-22(13(2)21-15)17-16(18)4-3-8-20-17/h3-4,7-11H,1-2H3. The number of pyridine rings is 2. The molecule has 0 bridgehead atoms. The third-order valence-electron chi connectivity index (χ3n) is 3.08.